The average molecular weight is 290 g/mol. The maximum atomic E-state index is 5.66. The predicted molar refractivity (Wildman–Crippen MR) is 76.6 cm³/mol. The number of anilines is 1. The van der Waals surface area contributed by atoms with Crippen LogP contribution in [0.1, 0.15) is 11.3 Å². The number of aromatic nitrogens is 2. The lowest BCUT2D eigenvalue weighted by Gasteiger charge is -2.07. The normalized spacial score (nSPS) is 11.8. The van der Waals surface area contributed by atoms with Gasteiger partial charge in [0, 0.05) is 0 Å². The van der Waals surface area contributed by atoms with E-state index < -0.39 is 0 Å². The van der Waals surface area contributed by atoms with E-state index in [1.54, 1.807) is 32.4 Å². The largest absolute Gasteiger partial charge is 0.493 e. The summed E-state index contributed by atoms with van der Waals surface area (Å²) in [5.74, 6) is 1.27. The number of rotatable bonds is 5. The van der Waals surface area contributed by atoms with Crippen LogP contribution in [0.4, 0.5) is 5.82 Å². The first-order chi connectivity index (χ1) is 10.2. The Bertz CT molecular complexity index is 679. The minimum absolute atomic E-state index is 0.00507. The molecule has 0 amide bonds. The lowest BCUT2D eigenvalue weighted by molar-refractivity contribution is 0.308. The van der Waals surface area contributed by atoms with E-state index in [-0.39, 0.29) is 17.3 Å². The molecule has 110 valence electrons. The summed E-state index contributed by atoms with van der Waals surface area (Å²) in [5.41, 5.74) is 12.1. The molecule has 0 aliphatic carbocycles. The van der Waals surface area contributed by atoms with Gasteiger partial charge in [0.15, 0.2) is 28.8 Å². The highest BCUT2D eigenvalue weighted by molar-refractivity contribution is 5.99. The van der Waals surface area contributed by atoms with Gasteiger partial charge in [0.05, 0.1) is 20.4 Å². The van der Waals surface area contributed by atoms with E-state index in [4.69, 9.17) is 20.9 Å². The quantitative estimate of drug-likeness (QED) is 0.462. The Morgan fingerprint density at radius 3 is 2.62 bits per heavy atom. The molecule has 0 bridgehead atoms. The number of amidine groups is 1. The van der Waals surface area contributed by atoms with Crippen LogP contribution in [0.3, 0.4) is 0 Å². The van der Waals surface area contributed by atoms with Gasteiger partial charge in [-0.15, -0.1) is 5.10 Å². The highest BCUT2D eigenvalue weighted by Crippen LogP contribution is 2.26. The summed E-state index contributed by atoms with van der Waals surface area (Å²) in [6.07, 6.45) is 1.50. The third-order valence-electron chi connectivity index (χ3n) is 2.54. The summed E-state index contributed by atoms with van der Waals surface area (Å²) in [5, 5.41) is 14.5. The number of methoxy groups -OCH3 is 2. The second-order valence-corrected chi connectivity index (χ2v) is 3.84. The molecule has 1 aromatic heterocycles. The molecule has 0 fully saturated rings. The Labute approximate surface area is 120 Å². The lowest BCUT2D eigenvalue weighted by Crippen LogP contribution is -2.15. The summed E-state index contributed by atoms with van der Waals surface area (Å²) < 4.78 is 14.7. The van der Waals surface area contributed by atoms with Crippen molar-refractivity contribution in [2.45, 2.75) is 0 Å². The number of hydrogen-bond acceptors (Lipinski definition) is 8. The fraction of sp³-hybridized carbons (Fsp3) is 0.167. The van der Waals surface area contributed by atoms with E-state index in [1.165, 1.54) is 6.21 Å². The van der Waals surface area contributed by atoms with Gasteiger partial charge in [-0.05, 0) is 34.1 Å². The smallest absolute Gasteiger partial charge is 0.199 e. The van der Waals surface area contributed by atoms with E-state index in [2.05, 4.69) is 25.1 Å². The van der Waals surface area contributed by atoms with E-state index in [0.29, 0.717) is 11.5 Å². The Balaban J connectivity index is 2.16. The van der Waals surface area contributed by atoms with Gasteiger partial charge in [-0.2, -0.15) is 5.10 Å². The molecule has 9 heteroatoms. The zero-order valence-electron chi connectivity index (χ0n) is 11.5. The Kier molecular flexibility index (Phi) is 4.34. The van der Waals surface area contributed by atoms with E-state index >= 15 is 0 Å². The second kappa shape index (κ2) is 6.37. The van der Waals surface area contributed by atoms with Crippen molar-refractivity contribution in [1.82, 2.24) is 10.3 Å². The van der Waals surface area contributed by atoms with Crippen LogP contribution in [0.15, 0.2) is 33.0 Å². The molecule has 0 atom stereocenters. The zero-order valence-corrected chi connectivity index (χ0v) is 11.5. The van der Waals surface area contributed by atoms with Gasteiger partial charge >= 0.3 is 0 Å². The van der Waals surface area contributed by atoms with Gasteiger partial charge in [0.1, 0.15) is 0 Å². The maximum Gasteiger partial charge on any atom is 0.199 e. The molecule has 4 N–H and O–H groups in total. The molecule has 0 aliphatic heterocycles. The first kappa shape index (κ1) is 14.3. The molecule has 1 aromatic carbocycles. The Morgan fingerprint density at radius 1 is 1.24 bits per heavy atom. The molecule has 0 aliphatic rings. The summed E-state index contributed by atoms with van der Waals surface area (Å²) in [4.78, 5) is 0. The number of benzene rings is 1. The van der Waals surface area contributed by atoms with Gasteiger partial charge in [0.25, 0.3) is 0 Å². The van der Waals surface area contributed by atoms with Crippen LogP contribution in [-0.4, -0.2) is 36.6 Å². The second-order valence-electron chi connectivity index (χ2n) is 3.84. The van der Waals surface area contributed by atoms with Gasteiger partial charge in [-0.1, -0.05) is 0 Å². The van der Waals surface area contributed by atoms with Crippen LogP contribution < -0.4 is 20.9 Å². The van der Waals surface area contributed by atoms with Crippen LogP contribution in [-0.2, 0) is 0 Å². The van der Waals surface area contributed by atoms with Crippen molar-refractivity contribution >= 4 is 17.9 Å². The molecule has 0 unspecified atom stereocenters. The third-order valence-corrected chi connectivity index (χ3v) is 2.54. The predicted octanol–water partition coefficient (Wildman–Crippen LogP) is 0.408. The first-order valence-corrected chi connectivity index (χ1v) is 5.82. The summed E-state index contributed by atoms with van der Waals surface area (Å²) >= 11 is 0. The summed E-state index contributed by atoms with van der Waals surface area (Å²) in [6.45, 7) is 0. The molecule has 0 saturated heterocycles. The minimum atomic E-state index is 0.00507. The first-order valence-electron chi connectivity index (χ1n) is 5.82. The number of nitrogen functional groups attached to an aromatic ring is 1. The molecule has 0 spiro atoms. The maximum absolute atomic E-state index is 5.66. The molecule has 1 heterocycles. The van der Waals surface area contributed by atoms with Crippen molar-refractivity contribution in [3.05, 3.63) is 29.5 Å². The molecule has 9 nitrogen and oxygen atoms in total. The molecular weight excluding hydrogens is 276 g/mol. The van der Waals surface area contributed by atoms with Gasteiger partial charge in [0.2, 0.25) is 0 Å². The SMILES string of the molecule is COc1ccc(/C=N\N=C(N)c2nonc2N)cc1OC. The van der Waals surface area contributed by atoms with Crippen molar-refractivity contribution in [1.29, 1.82) is 0 Å². The lowest BCUT2D eigenvalue weighted by atomic mass is 10.2. The number of hydrogen-bond donors (Lipinski definition) is 2. The third kappa shape index (κ3) is 3.26. The van der Waals surface area contributed by atoms with Crippen molar-refractivity contribution < 1.29 is 14.1 Å². The van der Waals surface area contributed by atoms with Crippen LogP contribution in [0.2, 0.25) is 0 Å². The highest BCUT2D eigenvalue weighted by Gasteiger charge is 2.10. The molecule has 2 rings (SSSR count). The van der Waals surface area contributed by atoms with Crippen LogP contribution in [0.5, 0.6) is 11.5 Å². The van der Waals surface area contributed by atoms with E-state index in [0.717, 1.165) is 5.56 Å². The van der Waals surface area contributed by atoms with Gasteiger partial charge in [-0.25, -0.2) is 4.63 Å². The summed E-state index contributed by atoms with van der Waals surface area (Å²) in [6, 6.07) is 5.30. The van der Waals surface area contributed by atoms with Crippen molar-refractivity contribution in [3.8, 4) is 11.5 Å². The molecule has 2 aromatic rings. The zero-order chi connectivity index (χ0) is 15.2. The standard InChI is InChI=1S/C12H14N6O3/c1-19-8-4-3-7(5-9(8)20-2)6-15-16-11(13)10-12(14)18-21-17-10/h3-6H,1-2H3,(H2,13,16)(H2,14,18)/b15-6-. The van der Waals surface area contributed by atoms with Crippen LogP contribution in [0, 0.1) is 0 Å². The minimum Gasteiger partial charge on any atom is -0.493 e. The number of nitrogens with two attached hydrogens (primary N) is 2. The van der Waals surface area contributed by atoms with Gasteiger partial charge < -0.3 is 20.9 Å². The Hall–Kier alpha value is -3.10. The molecule has 0 saturated carbocycles. The fourth-order valence-electron chi connectivity index (χ4n) is 1.51. The van der Waals surface area contributed by atoms with Crippen molar-refractivity contribution in [3.63, 3.8) is 0 Å². The number of ether oxygens (including phenoxy) is 2. The van der Waals surface area contributed by atoms with Crippen molar-refractivity contribution in [2.24, 2.45) is 15.9 Å². The molecule has 21 heavy (non-hydrogen) atoms. The fourth-order valence-corrected chi connectivity index (χ4v) is 1.51. The number of nitrogens with zero attached hydrogens (tertiary/aromatic N) is 4. The average Bonchev–Trinajstić information content (AvgIpc) is 2.93. The molecule has 0 radical (unpaired) electrons. The summed E-state index contributed by atoms with van der Waals surface area (Å²) in [7, 11) is 3.11. The van der Waals surface area contributed by atoms with Gasteiger partial charge in [-0.3, -0.25) is 0 Å². The van der Waals surface area contributed by atoms with Crippen LogP contribution >= 0.6 is 0 Å². The molecular formula is C12H14N6O3. The van der Waals surface area contributed by atoms with E-state index in [1.807, 2.05) is 0 Å². The van der Waals surface area contributed by atoms with Crippen LogP contribution in [0.25, 0.3) is 0 Å². The monoisotopic (exact) mass is 290 g/mol. The van der Waals surface area contributed by atoms with E-state index in [9.17, 15) is 0 Å². The van der Waals surface area contributed by atoms with Crippen molar-refractivity contribution in [2.75, 3.05) is 20.0 Å². The highest BCUT2D eigenvalue weighted by atomic mass is 16.6. The Morgan fingerprint density at radius 2 is 2.00 bits per heavy atom. The topological polar surface area (TPSA) is 134 Å².